The first-order chi connectivity index (χ1) is 13.8. The predicted molar refractivity (Wildman–Crippen MR) is 112 cm³/mol. The lowest BCUT2D eigenvalue weighted by Crippen LogP contribution is -2.56. The number of carbonyl (C=O) groups is 1. The van der Waals surface area contributed by atoms with Crippen LogP contribution >= 0.6 is 0 Å². The zero-order chi connectivity index (χ0) is 21.6. The van der Waals surface area contributed by atoms with E-state index >= 15 is 0 Å². The highest BCUT2D eigenvalue weighted by Crippen LogP contribution is 2.09. The van der Waals surface area contributed by atoms with Gasteiger partial charge in [-0.1, -0.05) is 42.5 Å². The fraction of sp³-hybridized carbons (Fsp3) is 0.333. The number of rotatable bonds is 9. The maximum atomic E-state index is 13.0. The first-order valence-corrected chi connectivity index (χ1v) is 9.31. The van der Waals surface area contributed by atoms with Gasteiger partial charge in [0.25, 0.3) is 0 Å². The first-order valence-electron chi connectivity index (χ1n) is 9.31. The summed E-state index contributed by atoms with van der Waals surface area (Å²) >= 11 is 0. The van der Waals surface area contributed by atoms with Crippen LogP contribution < -0.4 is 17.1 Å². The van der Waals surface area contributed by atoms with Gasteiger partial charge in [-0.25, -0.2) is 28.1 Å². The molecule has 0 radical (unpaired) electrons. The van der Waals surface area contributed by atoms with Crippen molar-refractivity contribution in [3.05, 3.63) is 92.7 Å². The van der Waals surface area contributed by atoms with Gasteiger partial charge in [-0.15, -0.1) is 13.2 Å². The van der Waals surface area contributed by atoms with Gasteiger partial charge in [-0.2, -0.15) is 0 Å². The van der Waals surface area contributed by atoms with Crippen molar-refractivity contribution in [1.82, 2.24) is 18.6 Å². The van der Waals surface area contributed by atoms with E-state index in [0.29, 0.717) is 6.54 Å². The minimum Gasteiger partial charge on any atom is -0.334 e. The molecule has 2 aromatic rings. The topological polar surface area (TPSA) is 86.3 Å². The lowest BCUT2D eigenvalue weighted by atomic mass is 10.2. The Morgan fingerprint density at radius 2 is 1.41 bits per heavy atom. The molecule has 0 spiro atoms. The summed E-state index contributed by atoms with van der Waals surface area (Å²) in [6.07, 6.45) is 2.76. The third-order valence-corrected chi connectivity index (χ3v) is 4.44. The Kier molecular flexibility index (Phi) is 7.30. The minimum atomic E-state index is -0.836. The number of allylic oxidation sites excluding steroid dienone is 2. The van der Waals surface area contributed by atoms with Crippen LogP contribution in [0.2, 0.25) is 0 Å². The van der Waals surface area contributed by atoms with Gasteiger partial charge in [0.15, 0.2) is 0 Å². The average molecular weight is 398 g/mol. The van der Waals surface area contributed by atoms with E-state index in [-0.39, 0.29) is 19.1 Å². The molecular formula is C21H26N4O4. The summed E-state index contributed by atoms with van der Waals surface area (Å²) in [5, 5.41) is 0. The molecule has 8 heteroatoms. The van der Waals surface area contributed by atoms with Crippen molar-refractivity contribution in [2.75, 3.05) is 0 Å². The van der Waals surface area contributed by atoms with Gasteiger partial charge < -0.3 is 4.90 Å². The van der Waals surface area contributed by atoms with Crippen molar-refractivity contribution in [3.63, 3.8) is 0 Å². The molecule has 0 aliphatic carbocycles. The normalized spacial score (nSPS) is 10.7. The summed E-state index contributed by atoms with van der Waals surface area (Å²) in [6.45, 7) is 10.5. The third-order valence-electron chi connectivity index (χ3n) is 4.44. The Hall–Kier alpha value is -3.42. The summed E-state index contributed by atoms with van der Waals surface area (Å²) in [7, 11) is 0. The number of nitrogens with zero attached hydrogens (tertiary/aromatic N) is 4. The largest absolute Gasteiger partial charge is 0.337 e. The highest BCUT2D eigenvalue weighted by molar-refractivity contribution is 5.76. The van der Waals surface area contributed by atoms with Crippen LogP contribution in [0.1, 0.15) is 19.4 Å². The number of benzene rings is 1. The van der Waals surface area contributed by atoms with E-state index in [9.17, 15) is 19.2 Å². The van der Waals surface area contributed by atoms with Crippen LogP contribution in [-0.2, 0) is 31.0 Å². The molecule has 154 valence electrons. The molecule has 0 atom stereocenters. The van der Waals surface area contributed by atoms with Crippen molar-refractivity contribution in [1.29, 1.82) is 0 Å². The molecule has 29 heavy (non-hydrogen) atoms. The van der Waals surface area contributed by atoms with Gasteiger partial charge in [-0.3, -0.25) is 4.79 Å². The summed E-state index contributed by atoms with van der Waals surface area (Å²) in [5.74, 6) is -0.392. The molecule has 1 aromatic carbocycles. The van der Waals surface area contributed by atoms with E-state index in [1.54, 1.807) is 4.90 Å². The summed E-state index contributed by atoms with van der Waals surface area (Å²) in [4.78, 5) is 52.4. The molecule has 0 bridgehead atoms. The molecule has 0 aliphatic heterocycles. The Morgan fingerprint density at radius 1 is 0.931 bits per heavy atom. The molecule has 0 unspecified atom stereocenters. The molecule has 1 heterocycles. The molecule has 1 aromatic heterocycles. The first kappa shape index (κ1) is 21.9. The van der Waals surface area contributed by atoms with Gasteiger partial charge in [0.1, 0.15) is 6.54 Å². The lowest BCUT2D eigenvalue weighted by molar-refractivity contribution is -0.134. The molecule has 0 fully saturated rings. The number of hydrogen-bond acceptors (Lipinski definition) is 4. The number of carbonyl (C=O) groups excluding carboxylic acids is 1. The maximum Gasteiger partial charge on any atom is 0.337 e. The SMILES string of the molecule is C=CCn1c(=O)n(CC=C)c(=O)n(CC(=O)N(Cc2ccccc2)C(C)C)c1=O. The van der Waals surface area contributed by atoms with E-state index in [1.165, 1.54) is 12.2 Å². The van der Waals surface area contributed by atoms with Crippen molar-refractivity contribution in [2.45, 2.75) is 46.1 Å². The third kappa shape index (κ3) is 4.90. The molecule has 1 amide bonds. The van der Waals surface area contributed by atoms with E-state index in [4.69, 9.17) is 0 Å². The van der Waals surface area contributed by atoms with Gasteiger partial charge in [0.2, 0.25) is 5.91 Å². The van der Waals surface area contributed by atoms with Crippen molar-refractivity contribution < 1.29 is 4.79 Å². The van der Waals surface area contributed by atoms with Crippen LogP contribution in [0.25, 0.3) is 0 Å². The van der Waals surface area contributed by atoms with Crippen LogP contribution in [0.15, 0.2) is 70.0 Å². The van der Waals surface area contributed by atoms with Crippen LogP contribution in [0.3, 0.4) is 0 Å². The van der Waals surface area contributed by atoms with Crippen molar-refractivity contribution in [3.8, 4) is 0 Å². The summed E-state index contributed by atoms with van der Waals surface area (Å²) in [5.41, 5.74) is -1.50. The van der Waals surface area contributed by atoms with Crippen LogP contribution in [0.4, 0.5) is 0 Å². The maximum absolute atomic E-state index is 13.0. The molecule has 0 saturated heterocycles. The highest BCUT2D eigenvalue weighted by atomic mass is 16.2. The predicted octanol–water partition coefficient (Wildman–Crippen LogP) is 0.981. The van der Waals surface area contributed by atoms with Gasteiger partial charge in [0.05, 0.1) is 13.1 Å². The molecular weight excluding hydrogens is 372 g/mol. The highest BCUT2D eigenvalue weighted by Gasteiger charge is 2.22. The monoisotopic (exact) mass is 398 g/mol. The number of aromatic nitrogens is 3. The van der Waals surface area contributed by atoms with E-state index < -0.39 is 29.5 Å². The van der Waals surface area contributed by atoms with Gasteiger partial charge in [-0.05, 0) is 19.4 Å². The van der Waals surface area contributed by atoms with Gasteiger partial charge in [0, 0.05) is 12.6 Å². The summed E-state index contributed by atoms with van der Waals surface area (Å²) < 4.78 is 2.54. The fourth-order valence-corrected chi connectivity index (χ4v) is 2.95. The Balaban J connectivity index is 2.47. The van der Waals surface area contributed by atoms with Crippen LogP contribution in [0, 0.1) is 0 Å². The second-order valence-electron chi connectivity index (χ2n) is 6.83. The van der Waals surface area contributed by atoms with E-state index in [1.807, 2.05) is 44.2 Å². The van der Waals surface area contributed by atoms with E-state index in [2.05, 4.69) is 13.2 Å². The van der Waals surface area contributed by atoms with Gasteiger partial charge >= 0.3 is 17.1 Å². The standard InChI is InChI=1S/C21H26N4O4/c1-5-12-22-19(27)23(13-6-2)21(29)25(20(22)28)15-18(26)24(16(3)4)14-17-10-8-7-9-11-17/h5-11,16H,1-2,12-15H2,3-4H3. The Bertz CT molecular complexity index is 1010. The zero-order valence-electron chi connectivity index (χ0n) is 16.8. The minimum absolute atomic E-state index is 0.0683. The lowest BCUT2D eigenvalue weighted by Gasteiger charge is -2.27. The fourth-order valence-electron chi connectivity index (χ4n) is 2.95. The smallest absolute Gasteiger partial charge is 0.334 e. The van der Waals surface area contributed by atoms with E-state index in [0.717, 1.165) is 19.3 Å². The average Bonchev–Trinajstić information content (AvgIpc) is 2.70. The number of hydrogen-bond donors (Lipinski definition) is 0. The molecule has 0 aliphatic rings. The molecule has 0 saturated carbocycles. The van der Waals surface area contributed by atoms with Crippen LogP contribution in [0.5, 0.6) is 0 Å². The Morgan fingerprint density at radius 3 is 1.86 bits per heavy atom. The Labute approximate surface area is 168 Å². The second kappa shape index (κ2) is 9.68. The quantitative estimate of drug-likeness (QED) is 0.589. The summed E-state index contributed by atoms with van der Waals surface area (Å²) in [6, 6.07) is 9.29. The van der Waals surface area contributed by atoms with Crippen molar-refractivity contribution >= 4 is 5.91 Å². The second-order valence-corrected chi connectivity index (χ2v) is 6.83. The molecule has 8 nitrogen and oxygen atoms in total. The molecule has 2 rings (SSSR count). The van der Waals surface area contributed by atoms with Crippen molar-refractivity contribution in [2.24, 2.45) is 0 Å². The van der Waals surface area contributed by atoms with Crippen LogP contribution in [-0.4, -0.2) is 30.6 Å². The zero-order valence-corrected chi connectivity index (χ0v) is 16.8. The molecule has 0 N–H and O–H groups in total. The number of amides is 1.